The molecule has 4 aliphatic carbocycles. The van der Waals surface area contributed by atoms with Crippen LogP contribution in [0.2, 0.25) is 0 Å². The summed E-state index contributed by atoms with van der Waals surface area (Å²) in [5.74, 6) is -3.24. The number of aliphatic hydroxyl groups excluding tert-OH is 2. The fourth-order valence-electron chi connectivity index (χ4n) is 7.25. The summed E-state index contributed by atoms with van der Waals surface area (Å²) in [6, 6.07) is 0. The predicted molar refractivity (Wildman–Crippen MR) is 100 cm³/mol. The smallest absolute Gasteiger partial charge is 0.190 e. The van der Waals surface area contributed by atoms with E-state index < -0.39 is 70.3 Å². The number of carbonyl (C=O) groups excluding carboxylic acids is 2. The molecule has 0 aromatic heterocycles. The number of rotatable bonds is 2. The number of hydrogen-bond acceptors (Lipinski definition) is 5. The van der Waals surface area contributed by atoms with Gasteiger partial charge in [0.2, 0.25) is 0 Å². The van der Waals surface area contributed by atoms with Gasteiger partial charge in [0.1, 0.15) is 18.4 Å². The third kappa shape index (κ3) is 2.19. The van der Waals surface area contributed by atoms with Gasteiger partial charge < -0.3 is 15.3 Å². The van der Waals surface area contributed by atoms with Crippen LogP contribution in [-0.4, -0.2) is 57.0 Å². The minimum absolute atomic E-state index is 0.0409. The summed E-state index contributed by atoms with van der Waals surface area (Å²) in [4.78, 5) is 24.3. The second kappa shape index (κ2) is 6.05. The Balaban J connectivity index is 1.87. The van der Waals surface area contributed by atoms with Crippen LogP contribution in [-0.2, 0) is 9.59 Å². The molecule has 5 nitrogen and oxygen atoms in total. The monoisotopic (exact) mass is 410 g/mol. The van der Waals surface area contributed by atoms with E-state index in [0.29, 0.717) is 0 Å². The SMILES string of the molecule is C[C@H]1C[C@@H]2[C@H]3C[C@H](F)C4=CC(=O)C=C[C@]4(C)[C@]3(F)[C@@H](O)C[C@@]2(C)[C@]1(O)C(=O)CO. The first-order valence-corrected chi connectivity index (χ1v) is 10.2. The maximum Gasteiger partial charge on any atom is 0.190 e. The molecule has 3 N–H and O–H groups in total. The predicted octanol–water partition coefficient (Wildman–Crippen LogP) is 1.84. The summed E-state index contributed by atoms with van der Waals surface area (Å²) in [6.45, 7) is 3.96. The van der Waals surface area contributed by atoms with E-state index in [-0.39, 0.29) is 24.8 Å². The van der Waals surface area contributed by atoms with Gasteiger partial charge in [-0.3, -0.25) is 9.59 Å². The number of carbonyl (C=O) groups is 2. The van der Waals surface area contributed by atoms with Crippen molar-refractivity contribution < 1.29 is 33.7 Å². The van der Waals surface area contributed by atoms with Gasteiger partial charge in [-0.25, -0.2) is 8.78 Å². The average molecular weight is 410 g/mol. The van der Waals surface area contributed by atoms with Crippen LogP contribution in [0.5, 0.6) is 0 Å². The van der Waals surface area contributed by atoms with E-state index in [0.717, 1.165) is 6.08 Å². The number of halogens is 2. The minimum Gasteiger partial charge on any atom is -0.390 e. The van der Waals surface area contributed by atoms with E-state index in [4.69, 9.17) is 0 Å². The van der Waals surface area contributed by atoms with Gasteiger partial charge in [0, 0.05) is 16.7 Å². The van der Waals surface area contributed by atoms with Crippen LogP contribution in [0.3, 0.4) is 0 Å². The first kappa shape index (κ1) is 20.8. The number of ketones is 2. The highest BCUT2D eigenvalue weighted by Gasteiger charge is 2.76. The lowest BCUT2D eigenvalue weighted by molar-refractivity contribution is -0.223. The van der Waals surface area contributed by atoms with Crippen molar-refractivity contribution in [2.75, 3.05) is 6.61 Å². The Bertz CT molecular complexity index is 839. The normalized spacial score (nSPS) is 53.7. The number of aliphatic hydroxyl groups is 3. The van der Waals surface area contributed by atoms with Crippen molar-refractivity contribution in [1.82, 2.24) is 0 Å². The fraction of sp³-hybridized carbons (Fsp3) is 0.727. The van der Waals surface area contributed by atoms with Crippen molar-refractivity contribution in [3.63, 3.8) is 0 Å². The van der Waals surface area contributed by atoms with E-state index in [1.165, 1.54) is 19.1 Å². The van der Waals surface area contributed by atoms with Crippen molar-refractivity contribution in [1.29, 1.82) is 0 Å². The van der Waals surface area contributed by atoms with Crippen molar-refractivity contribution in [3.8, 4) is 0 Å². The molecule has 0 spiro atoms. The molecule has 0 saturated heterocycles. The highest BCUT2D eigenvalue weighted by molar-refractivity contribution is 6.01. The minimum atomic E-state index is -2.24. The number of Topliss-reactive ketones (excluding diaryl/α,β-unsaturated/α-hetero) is 1. The van der Waals surface area contributed by atoms with Crippen molar-refractivity contribution >= 4 is 11.6 Å². The molecule has 29 heavy (non-hydrogen) atoms. The van der Waals surface area contributed by atoms with Crippen LogP contribution in [0.15, 0.2) is 23.8 Å². The van der Waals surface area contributed by atoms with Crippen LogP contribution in [0.25, 0.3) is 0 Å². The lowest BCUT2D eigenvalue weighted by atomic mass is 9.44. The molecule has 4 aliphatic rings. The number of alkyl halides is 2. The molecule has 3 fully saturated rings. The summed E-state index contributed by atoms with van der Waals surface area (Å²) in [6.07, 6.45) is 0.427. The number of fused-ring (bicyclic) bond motifs is 5. The van der Waals surface area contributed by atoms with Gasteiger partial charge in [0.05, 0.1) is 6.10 Å². The molecule has 0 aliphatic heterocycles. The third-order valence-electron chi connectivity index (χ3n) is 8.78. The topological polar surface area (TPSA) is 94.8 Å². The molecule has 0 amide bonds. The highest BCUT2D eigenvalue weighted by atomic mass is 19.1. The second-order valence-electron chi connectivity index (χ2n) is 9.84. The van der Waals surface area contributed by atoms with Crippen LogP contribution >= 0.6 is 0 Å². The molecule has 0 heterocycles. The van der Waals surface area contributed by atoms with Gasteiger partial charge in [-0.2, -0.15) is 0 Å². The maximum absolute atomic E-state index is 16.9. The van der Waals surface area contributed by atoms with Gasteiger partial charge in [-0.1, -0.05) is 19.9 Å². The zero-order valence-electron chi connectivity index (χ0n) is 16.9. The molecule has 9 atom stereocenters. The summed E-state index contributed by atoms with van der Waals surface area (Å²) >= 11 is 0. The Morgan fingerprint density at radius 3 is 2.55 bits per heavy atom. The largest absolute Gasteiger partial charge is 0.390 e. The van der Waals surface area contributed by atoms with E-state index >= 15 is 8.78 Å². The molecule has 0 aromatic rings. The zero-order valence-corrected chi connectivity index (χ0v) is 16.9. The van der Waals surface area contributed by atoms with E-state index in [9.17, 15) is 24.9 Å². The quantitative estimate of drug-likeness (QED) is 0.646. The van der Waals surface area contributed by atoms with Crippen LogP contribution in [0.1, 0.15) is 40.0 Å². The van der Waals surface area contributed by atoms with Gasteiger partial charge in [-0.15, -0.1) is 0 Å². The molecule has 0 radical (unpaired) electrons. The van der Waals surface area contributed by atoms with Crippen molar-refractivity contribution in [2.45, 2.75) is 63.6 Å². The highest BCUT2D eigenvalue weighted by Crippen LogP contribution is 2.70. The number of allylic oxidation sites excluding steroid dienone is 4. The van der Waals surface area contributed by atoms with Gasteiger partial charge in [0.15, 0.2) is 17.2 Å². The molecule has 7 heteroatoms. The van der Waals surface area contributed by atoms with E-state index in [2.05, 4.69) is 0 Å². The average Bonchev–Trinajstić information content (AvgIpc) is 2.86. The standard InChI is InChI=1S/C22H28F2O5/c1-11-6-13-14-8-16(23)15-7-12(26)4-5-19(15,2)21(14,24)17(27)9-20(13,3)22(11,29)18(28)10-25/h4-5,7,11,13-14,16-17,25,27,29H,6,8-10H2,1-3H3/t11-,13+,14+,16-,17-,19-,20+,21+,22+/m0/s1. The maximum atomic E-state index is 16.9. The number of hydrogen-bond donors (Lipinski definition) is 3. The van der Waals surface area contributed by atoms with Gasteiger partial charge in [-0.05, 0) is 55.7 Å². The first-order chi connectivity index (χ1) is 13.4. The second-order valence-corrected chi connectivity index (χ2v) is 9.84. The van der Waals surface area contributed by atoms with Gasteiger partial charge in [0.25, 0.3) is 0 Å². The lowest BCUT2D eigenvalue weighted by Gasteiger charge is -2.63. The molecule has 0 unspecified atom stereocenters. The molecule has 4 rings (SSSR count). The summed E-state index contributed by atoms with van der Waals surface area (Å²) in [5, 5.41) is 31.9. The Morgan fingerprint density at radius 1 is 1.28 bits per heavy atom. The van der Waals surface area contributed by atoms with Crippen LogP contribution < -0.4 is 0 Å². The fourth-order valence-corrected chi connectivity index (χ4v) is 7.25. The lowest BCUT2D eigenvalue weighted by Crippen LogP contribution is -2.70. The van der Waals surface area contributed by atoms with Gasteiger partial charge >= 0.3 is 0 Å². The van der Waals surface area contributed by atoms with Crippen LogP contribution in [0.4, 0.5) is 8.78 Å². The first-order valence-electron chi connectivity index (χ1n) is 10.2. The zero-order chi connectivity index (χ0) is 21.6. The summed E-state index contributed by atoms with van der Waals surface area (Å²) in [5.41, 5.74) is -6.81. The molecular weight excluding hydrogens is 382 g/mol. The summed E-state index contributed by atoms with van der Waals surface area (Å²) < 4.78 is 32.1. The summed E-state index contributed by atoms with van der Waals surface area (Å²) in [7, 11) is 0. The van der Waals surface area contributed by atoms with Crippen molar-refractivity contribution in [3.05, 3.63) is 23.8 Å². The molecule has 160 valence electrons. The van der Waals surface area contributed by atoms with Crippen molar-refractivity contribution in [2.24, 2.45) is 28.6 Å². The Morgan fingerprint density at radius 2 is 1.93 bits per heavy atom. The van der Waals surface area contributed by atoms with Crippen LogP contribution in [0, 0.1) is 28.6 Å². The molecule has 0 bridgehead atoms. The van der Waals surface area contributed by atoms with E-state index in [1.54, 1.807) is 13.8 Å². The molecular formula is C22H28F2O5. The molecule has 0 aromatic carbocycles. The Labute approximate surface area is 168 Å². The molecule has 3 saturated carbocycles. The Hall–Kier alpha value is -1.44. The van der Waals surface area contributed by atoms with E-state index in [1.807, 2.05) is 0 Å². The Kier molecular flexibility index (Phi) is 4.34. The third-order valence-corrected chi connectivity index (χ3v) is 8.78.